The lowest BCUT2D eigenvalue weighted by Crippen LogP contribution is -2.34. The van der Waals surface area contributed by atoms with Crippen molar-refractivity contribution in [1.29, 1.82) is 0 Å². The van der Waals surface area contributed by atoms with Crippen LogP contribution in [0.25, 0.3) is 0 Å². The fourth-order valence-electron chi connectivity index (χ4n) is 1.31. The van der Waals surface area contributed by atoms with E-state index < -0.39 is 0 Å². The van der Waals surface area contributed by atoms with Crippen LogP contribution in [0.4, 0.5) is 0 Å². The molecule has 1 aromatic rings. The Labute approximate surface area is 95.7 Å². The van der Waals surface area contributed by atoms with Crippen molar-refractivity contribution >= 4 is 5.91 Å². The van der Waals surface area contributed by atoms with E-state index in [9.17, 15) is 4.79 Å². The van der Waals surface area contributed by atoms with Gasteiger partial charge >= 0.3 is 0 Å². The Morgan fingerprint density at radius 2 is 2.50 bits per heavy atom. The molecule has 0 aromatic carbocycles. The van der Waals surface area contributed by atoms with Crippen LogP contribution in [0.5, 0.6) is 0 Å². The van der Waals surface area contributed by atoms with Crippen molar-refractivity contribution in [2.75, 3.05) is 20.1 Å². The molecule has 0 fully saturated rings. The van der Waals surface area contributed by atoms with E-state index in [0.29, 0.717) is 13.1 Å². The Bertz CT molecular complexity index is 370. The highest BCUT2D eigenvalue weighted by molar-refractivity contribution is 5.78. The first-order valence-electron chi connectivity index (χ1n) is 5.00. The average Bonchev–Trinajstić information content (AvgIpc) is 2.27. The van der Waals surface area contributed by atoms with E-state index in [1.807, 2.05) is 24.1 Å². The number of terminal acetylenes is 1. The van der Waals surface area contributed by atoms with E-state index >= 15 is 0 Å². The molecule has 84 valence electrons. The van der Waals surface area contributed by atoms with E-state index in [0.717, 1.165) is 5.56 Å². The lowest BCUT2D eigenvalue weighted by molar-refractivity contribution is -0.121. The fourth-order valence-corrected chi connectivity index (χ4v) is 1.31. The molecule has 0 saturated carbocycles. The second kappa shape index (κ2) is 6.59. The van der Waals surface area contributed by atoms with Gasteiger partial charge < -0.3 is 5.32 Å². The molecule has 0 spiro atoms. The van der Waals surface area contributed by atoms with Gasteiger partial charge in [0.2, 0.25) is 5.91 Å². The highest BCUT2D eigenvalue weighted by Crippen LogP contribution is 1.99. The fraction of sp³-hybridized carbons (Fsp3) is 0.333. The van der Waals surface area contributed by atoms with Crippen molar-refractivity contribution in [1.82, 2.24) is 15.2 Å². The Morgan fingerprint density at radius 1 is 1.69 bits per heavy atom. The topological polar surface area (TPSA) is 45.2 Å². The molecule has 1 N–H and O–H groups in total. The first-order chi connectivity index (χ1) is 7.72. The van der Waals surface area contributed by atoms with Crippen LogP contribution in [0.2, 0.25) is 0 Å². The summed E-state index contributed by atoms with van der Waals surface area (Å²) in [4.78, 5) is 17.3. The van der Waals surface area contributed by atoms with E-state index in [-0.39, 0.29) is 12.5 Å². The number of nitrogens with zero attached hydrogens (tertiary/aromatic N) is 2. The van der Waals surface area contributed by atoms with Crippen molar-refractivity contribution in [2.45, 2.75) is 6.54 Å². The average molecular weight is 217 g/mol. The van der Waals surface area contributed by atoms with E-state index in [1.165, 1.54) is 0 Å². The van der Waals surface area contributed by atoms with Gasteiger partial charge in [-0.3, -0.25) is 14.7 Å². The van der Waals surface area contributed by atoms with Gasteiger partial charge in [-0.05, 0) is 18.7 Å². The minimum Gasteiger partial charge on any atom is -0.344 e. The Balaban J connectivity index is 2.34. The predicted molar refractivity (Wildman–Crippen MR) is 62.4 cm³/mol. The SMILES string of the molecule is C#CCNC(=O)CN(C)Cc1cccnc1. The molecule has 1 rings (SSSR count). The molecule has 1 amide bonds. The number of hydrogen-bond donors (Lipinski definition) is 1. The summed E-state index contributed by atoms with van der Waals surface area (Å²) in [5, 5.41) is 2.62. The van der Waals surface area contributed by atoms with Crippen LogP contribution in [0, 0.1) is 12.3 Å². The molecule has 0 aliphatic rings. The molecule has 0 aliphatic heterocycles. The van der Waals surface area contributed by atoms with Crippen LogP contribution in [-0.2, 0) is 11.3 Å². The van der Waals surface area contributed by atoms with E-state index in [1.54, 1.807) is 12.4 Å². The van der Waals surface area contributed by atoms with Crippen LogP contribution in [-0.4, -0.2) is 35.9 Å². The molecule has 16 heavy (non-hydrogen) atoms. The predicted octanol–water partition coefficient (Wildman–Crippen LogP) is 0.263. The second-order valence-electron chi connectivity index (χ2n) is 3.51. The highest BCUT2D eigenvalue weighted by atomic mass is 16.1. The molecule has 0 bridgehead atoms. The van der Waals surface area contributed by atoms with Crippen molar-refractivity contribution in [2.24, 2.45) is 0 Å². The molecular formula is C12H15N3O. The quantitative estimate of drug-likeness (QED) is 0.720. The summed E-state index contributed by atoms with van der Waals surface area (Å²) in [5.74, 6) is 2.30. The largest absolute Gasteiger partial charge is 0.344 e. The molecule has 0 unspecified atom stereocenters. The number of carbonyl (C=O) groups excluding carboxylic acids is 1. The third kappa shape index (κ3) is 4.58. The van der Waals surface area contributed by atoms with Crippen LogP contribution in [0.15, 0.2) is 24.5 Å². The molecule has 4 nitrogen and oxygen atoms in total. The Morgan fingerprint density at radius 3 is 3.12 bits per heavy atom. The zero-order chi connectivity index (χ0) is 11.8. The van der Waals surface area contributed by atoms with Crippen molar-refractivity contribution < 1.29 is 4.79 Å². The first kappa shape index (κ1) is 12.2. The molecule has 1 heterocycles. The third-order valence-corrected chi connectivity index (χ3v) is 1.98. The van der Waals surface area contributed by atoms with Crippen LogP contribution in [0.1, 0.15) is 5.56 Å². The molecule has 0 atom stereocenters. The Kier molecular flexibility index (Phi) is 5.03. The molecular weight excluding hydrogens is 202 g/mol. The van der Waals surface area contributed by atoms with Gasteiger partial charge in [-0.1, -0.05) is 12.0 Å². The first-order valence-corrected chi connectivity index (χ1v) is 5.00. The van der Waals surface area contributed by atoms with Gasteiger partial charge in [0.05, 0.1) is 13.1 Å². The number of likely N-dealkylation sites (N-methyl/N-ethyl adjacent to an activating group) is 1. The van der Waals surface area contributed by atoms with Gasteiger partial charge in [0, 0.05) is 18.9 Å². The number of nitrogens with one attached hydrogen (secondary N) is 1. The lowest BCUT2D eigenvalue weighted by Gasteiger charge is -2.15. The molecule has 0 radical (unpaired) electrons. The van der Waals surface area contributed by atoms with Gasteiger partial charge in [-0.15, -0.1) is 6.42 Å². The number of rotatable bonds is 5. The van der Waals surface area contributed by atoms with Crippen LogP contribution >= 0.6 is 0 Å². The van der Waals surface area contributed by atoms with Crippen molar-refractivity contribution in [3.63, 3.8) is 0 Å². The Hall–Kier alpha value is -1.86. The lowest BCUT2D eigenvalue weighted by atomic mass is 10.3. The standard InChI is InChI=1S/C12H15N3O/c1-3-6-14-12(16)10-15(2)9-11-5-4-7-13-8-11/h1,4-5,7-8H,6,9-10H2,2H3,(H,14,16). The summed E-state index contributed by atoms with van der Waals surface area (Å²) >= 11 is 0. The summed E-state index contributed by atoms with van der Waals surface area (Å²) in [5.41, 5.74) is 1.08. The smallest absolute Gasteiger partial charge is 0.234 e. The van der Waals surface area contributed by atoms with E-state index in [2.05, 4.69) is 16.2 Å². The minimum atomic E-state index is -0.0654. The van der Waals surface area contributed by atoms with Gasteiger partial charge in [0.25, 0.3) is 0 Å². The normalized spacial score (nSPS) is 9.81. The molecule has 4 heteroatoms. The van der Waals surface area contributed by atoms with Gasteiger partial charge in [0.15, 0.2) is 0 Å². The number of pyridine rings is 1. The zero-order valence-corrected chi connectivity index (χ0v) is 9.31. The summed E-state index contributed by atoms with van der Waals surface area (Å²) in [7, 11) is 1.88. The minimum absolute atomic E-state index is 0.0654. The van der Waals surface area contributed by atoms with Gasteiger partial charge in [0.1, 0.15) is 0 Å². The summed E-state index contributed by atoms with van der Waals surface area (Å²) in [6, 6.07) is 3.85. The monoisotopic (exact) mass is 217 g/mol. The molecule has 0 aliphatic carbocycles. The number of hydrogen-bond acceptors (Lipinski definition) is 3. The summed E-state index contributed by atoms with van der Waals surface area (Å²) in [6.45, 7) is 1.30. The summed E-state index contributed by atoms with van der Waals surface area (Å²) < 4.78 is 0. The maximum absolute atomic E-state index is 11.3. The zero-order valence-electron chi connectivity index (χ0n) is 9.31. The van der Waals surface area contributed by atoms with Gasteiger partial charge in [-0.2, -0.15) is 0 Å². The van der Waals surface area contributed by atoms with Gasteiger partial charge in [-0.25, -0.2) is 0 Å². The maximum atomic E-state index is 11.3. The maximum Gasteiger partial charge on any atom is 0.234 e. The molecule has 1 aromatic heterocycles. The molecule has 0 saturated heterocycles. The van der Waals surface area contributed by atoms with Crippen molar-refractivity contribution in [3.8, 4) is 12.3 Å². The highest BCUT2D eigenvalue weighted by Gasteiger charge is 2.05. The summed E-state index contributed by atoms with van der Waals surface area (Å²) in [6.07, 6.45) is 8.56. The number of aromatic nitrogens is 1. The van der Waals surface area contributed by atoms with E-state index in [4.69, 9.17) is 6.42 Å². The second-order valence-corrected chi connectivity index (χ2v) is 3.51. The van der Waals surface area contributed by atoms with Crippen molar-refractivity contribution in [3.05, 3.63) is 30.1 Å². The van der Waals surface area contributed by atoms with Crippen LogP contribution < -0.4 is 5.32 Å². The van der Waals surface area contributed by atoms with Crippen LogP contribution in [0.3, 0.4) is 0 Å². The number of carbonyl (C=O) groups is 1. The third-order valence-electron chi connectivity index (χ3n) is 1.98. The number of amides is 1.